The molecule has 2 saturated heterocycles. The molecule has 0 amide bonds. The Balaban J connectivity index is 1.85. The highest BCUT2D eigenvalue weighted by Crippen LogP contribution is 2.42. The van der Waals surface area contributed by atoms with E-state index in [4.69, 9.17) is 14.2 Å². The average molecular weight is 324 g/mol. The number of hydrogen-bond donors (Lipinski definition) is 3. The summed E-state index contributed by atoms with van der Waals surface area (Å²) in [5, 5.41) is 9.47. The van der Waals surface area contributed by atoms with E-state index in [1.54, 1.807) is 13.8 Å². The quantitative estimate of drug-likeness (QED) is 0.633. The van der Waals surface area contributed by atoms with Gasteiger partial charge < -0.3 is 24.3 Å². The predicted molar refractivity (Wildman–Crippen MR) is 75.8 cm³/mol. The highest BCUT2D eigenvalue weighted by atomic mass is 16.8. The molecule has 0 aliphatic carbocycles. The first-order chi connectivity index (χ1) is 10.9. The second-order valence-corrected chi connectivity index (χ2v) is 6.04. The van der Waals surface area contributed by atoms with Crippen molar-refractivity contribution in [3.63, 3.8) is 0 Å². The number of H-pyrrole nitrogens is 2. The van der Waals surface area contributed by atoms with Crippen LogP contribution in [0.5, 0.6) is 0 Å². The summed E-state index contributed by atoms with van der Waals surface area (Å²) in [7, 11) is 0. The van der Waals surface area contributed by atoms with E-state index in [0.29, 0.717) is 0 Å². The number of aromatic nitrogens is 4. The summed E-state index contributed by atoms with van der Waals surface area (Å²) in [4.78, 5) is 34.0. The second-order valence-electron chi connectivity index (χ2n) is 6.04. The number of aliphatic hydroxyl groups is 1. The number of aromatic amines is 2. The van der Waals surface area contributed by atoms with Gasteiger partial charge >= 0.3 is 5.69 Å². The lowest BCUT2D eigenvalue weighted by Gasteiger charge is -2.23. The minimum Gasteiger partial charge on any atom is -0.394 e. The predicted octanol–water partition coefficient (Wildman–Crippen LogP) is -1.18. The first-order valence-electron chi connectivity index (χ1n) is 7.21. The third kappa shape index (κ3) is 2.06. The van der Waals surface area contributed by atoms with Crippen molar-refractivity contribution < 1.29 is 19.3 Å². The lowest BCUT2D eigenvalue weighted by molar-refractivity contribution is -0.200. The minimum absolute atomic E-state index is 0.0929. The topological polar surface area (TPSA) is 131 Å². The summed E-state index contributed by atoms with van der Waals surface area (Å²) in [5.41, 5.74) is -0.910. The number of rotatable bonds is 2. The fourth-order valence-electron chi connectivity index (χ4n) is 3.17. The number of imidazole rings is 1. The lowest BCUT2D eigenvalue weighted by atomic mass is 10.1. The van der Waals surface area contributed by atoms with Crippen molar-refractivity contribution in [3.05, 3.63) is 27.2 Å². The largest absolute Gasteiger partial charge is 0.394 e. The van der Waals surface area contributed by atoms with Gasteiger partial charge in [-0.1, -0.05) is 0 Å². The molecule has 0 radical (unpaired) electrons. The number of aliphatic hydroxyl groups excluding tert-OH is 1. The van der Waals surface area contributed by atoms with Crippen molar-refractivity contribution in [1.82, 2.24) is 19.5 Å². The zero-order valence-corrected chi connectivity index (χ0v) is 12.5. The van der Waals surface area contributed by atoms with Crippen LogP contribution in [0.15, 0.2) is 15.9 Å². The maximum Gasteiger partial charge on any atom is 0.332 e. The number of fused-ring (bicyclic) bond motifs is 2. The monoisotopic (exact) mass is 324 g/mol. The Labute approximate surface area is 129 Å². The zero-order valence-electron chi connectivity index (χ0n) is 12.5. The molecule has 10 nitrogen and oxygen atoms in total. The van der Waals surface area contributed by atoms with E-state index >= 15 is 0 Å². The number of nitrogens with one attached hydrogen (secondary N) is 2. The normalized spacial score (nSPS) is 32.5. The van der Waals surface area contributed by atoms with Gasteiger partial charge in [-0.15, -0.1) is 0 Å². The maximum atomic E-state index is 12.6. The molecule has 124 valence electrons. The van der Waals surface area contributed by atoms with E-state index in [1.165, 1.54) is 6.33 Å². The third-order valence-corrected chi connectivity index (χ3v) is 4.07. The summed E-state index contributed by atoms with van der Waals surface area (Å²) in [6.45, 7) is 3.13. The van der Waals surface area contributed by atoms with E-state index in [0.717, 1.165) is 4.57 Å². The van der Waals surface area contributed by atoms with Crippen LogP contribution >= 0.6 is 0 Å². The van der Waals surface area contributed by atoms with Gasteiger partial charge in [0.25, 0.3) is 5.56 Å². The Morgan fingerprint density at radius 3 is 2.83 bits per heavy atom. The molecule has 4 rings (SSSR count). The molecule has 3 N–H and O–H groups in total. The first-order valence-corrected chi connectivity index (χ1v) is 7.21. The molecule has 0 aromatic carbocycles. The highest BCUT2D eigenvalue weighted by molar-refractivity contribution is 5.67. The average Bonchev–Trinajstić information content (AvgIpc) is 3.13. The van der Waals surface area contributed by atoms with Crippen molar-refractivity contribution in [3.8, 4) is 0 Å². The van der Waals surface area contributed by atoms with Gasteiger partial charge in [0.15, 0.2) is 17.5 Å². The van der Waals surface area contributed by atoms with Gasteiger partial charge in [0, 0.05) is 0 Å². The molecule has 10 heteroatoms. The second kappa shape index (κ2) is 4.74. The van der Waals surface area contributed by atoms with Gasteiger partial charge in [-0.25, -0.2) is 14.3 Å². The van der Waals surface area contributed by atoms with E-state index in [-0.39, 0.29) is 17.8 Å². The molecule has 2 fully saturated rings. The third-order valence-electron chi connectivity index (χ3n) is 4.07. The van der Waals surface area contributed by atoms with E-state index in [1.807, 2.05) is 0 Å². The van der Waals surface area contributed by atoms with Crippen LogP contribution in [0, 0.1) is 0 Å². The van der Waals surface area contributed by atoms with Gasteiger partial charge in [-0.05, 0) is 13.8 Å². The van der Waals surface area contributed by atoms with Crippen LogP contribution in [-0.4, -0.2) is 55.3 Å². The summed E-state index contributed by atoms with van der Waals surface area (Å²) in [5.74, 6) is -0.891. The minimum atomic E-state index is -1.00. The van der Waals surface area contributed by atoms with Crippen LogP contribution in [0.25, 0.3) is 11.2 Å². The van der Waals surface area contributed by atoms with Crippen LogP contribution in [0.3, 0.4) is 0 Å². The molecule has 2 aliphatic heterocycles. The smallest absolute Gasteiger partial charge is 0.332 e. The molecular weight excluding hydrogens is 308 g/mol. The van der Waals surface area contributed by atoms with Gasteiger partial charge in [-0.2, -0.15) is 0 Å². The Bertz CT molecular complexity index is 867. The number of nitrogens with zero attached hydrogens (tertiary/aromatic N) is 2. The molecule has 23 heavy (non-hydrogen) atoms. The molecule has 2 aromatic heterocycles. The van der Waals surface area contributed by atoms with Gasteiger partial charge in [0.05, 0.1) is 12.9 Å². The molecule has 0 spiro atoms. The fourth-order valence-corrected chi connectivity index (χ4v) is 3.17. The molecular formula is C13H16N4O6. The summed E-state index contributed by atoms with van der Waals surface area (Å²) >= 11 is 0. The summed E-state index contributed by atoms with van der Waals surface area (Å²) in [6, 6.07) is 0. The number of hydrogen-bond acceptors (Lipinski definition) is 7. The Kier molecular flexibility index (Phi) is 3.00. The van der Waals surface area contributed by atoms with Gasteiger partial charge in [0.1, 0.15) is 24.0 Å². The Morgan fingerprint density at radius 2 is 2.09 bits per heavy atom. The first kappa shape index (κ1) is 14.6. The zero-order chi connectivity index (χ0) is 16.4. The fraction of sp³-hybridized carbons (Fsp3) is 0.615. The van der Waals surface area contributed by atoms with Crippen LogP contribution in [0.4, 0.5) is 0 Å². The molecule has 2 aromatic rings. The van der Waals surface area contributed by atoms with Crippen LogP contribution in [0.1, 0.15) is 20.1 Å². The highest BCUT2D eigenvalue weighted by Gasteiger charge is 2.56. The number of ether oxygens (including phenoxy) is 3. The van der Waals surface area contributed by atoms with Crippen molar-refractivity contribution >= 4 is 11.2 Å². The van der Waals surface area contributed by atoms with Gasteiger partial charge in [-0.3, -0.25) is 9.78 Å². The van der Waals surface area contributed by atoms with Crippen molar-refractivity contribution in [2.24, 2.45) is 0 Å². The molecule has 0 bridgehead atoms. The van der Waals surface area contributed by atoms with Gasteiger partial charge in [0.2, 0.25) is 0 Å². The lowest BCUT2D eigenvalue weighted by Crippen LogP contribution is -2.42. The maximum absolute atomic E-state index is 12.6. The standard InChI is InChI=1S/C13H16N4O6/c1-13(2)22-7-5(3-18)21-11(8(7)23-13)17-10(19)6-9(15-4-14-6)16-12(17)20/h4-5,7-8,11,18H,3H2,1-2H3,(H,14,15)(H,16,20). The summed E-state index contributed by atoms with van der Waals surface area (Å²) < 4.78 is 18.1. The summed E-state index contributed by atoms with van der Waals surface area (Å²) in [6.07, 6.45) is -1.62. The molecule has 4 unspecified atom stereocenters. The molecule has 4 heterocycles. The SMILES string of the molecule is CC1(C)OC2C(CO)OC(n3c(=O)[nH]c4[nH]cnc4c3=O)C2O1. The van der Waals surface area contributed by atoms with E-state index in [9.17, 15) is 14.7 Å². The van der Waals surface area contributed by atoms with Crippen LogP contribution in [0.2, 0.25) is 0 Å². The molecule has 2 aliphatic rings. The Morgan fingerprint density at radius 1 is 1.35 bits per heavy atom. The van der Waals surface area contributed by atoms with Crippen molar-refractivity contribution in [2.75, 3.05) is 6.61 Å². The van der Waals surface area contributed by atoms with Crippen molar-refractivity contribution in [2.45, 2.75) is 44.2 Å². The van der Waals surface area contributed by atoms with Crippen LogP contribution in [-0.2, 0) is 14.2 Å². The Hall–Kier alpha value is -2.01. The van der Waals surface area contributed by atoms with Crippen LogP contribution < -0.4 is 11.2 Å². The van der Waals surface area contributed by atoms with E-state index < -0.39 is 41.6 Å². The van der Waals surface area contributed by atoms with E-state index in [2.05, 4.69) is 15.0 Å². The molecule has 0 saturated carbocycles. The van der Waals surface area contributed by atoms with Crippen molar-refractivity contribution in [1.29, 1.82) is 0 Å². The molecule has 4 atom stereocenters.